The molecule has 6 nitrogen and oxygen atoms in total. The molecule has 102 valence electrons. The lowest BCUT2D eigenvalue weighted by molar-refractivity contribution is 0.102. The fourth-order valence-electron chi connectivity index (χ4n) is 1.57. The van der Waals surface area contributed by atoms with E-state index < -0.39 is 0 Å². The number of nitrogens with zero attached hydrogens (tertiary/aromatic N) is 2. The summed E-state index contributed by atoms with van der Waals surface area (Å²) in [5.74, 6) is 5.48. The Morgan fingerprint density at radius 3 is 2.60 bits per heavy atom. The molecule has 1 aromatic carbocycles. The SMILES string of the molecule is COc1ccc(NC(=O)c2ccc(C=NN)cn2)cc1. The average Bonchev–Trinajstić information content (AvgIpc) is 2.49. The highest BCUT2D eigenvalue weighted by molar-refractivity contribution is 6.03. The molecule has 1 amide bonds. The molecule has 0 aliphatic carbocycles. The molecule has 0 saturated heterocycles. The lowest BCUT2D eigenvalue weighted by Gasteiger charge is -2.06. The van der Waals surface area contributed by atoms with Crippen LogP contribution in [0.15, 0.2) is 47.7 Å². The number of rotatable bonds is 4. The molecule has 1 aromatic heterocycles. The van der Waals surface area contributed by atoms with Gasteiger partial charge in [-0.25, -0.2) is 0 Å². The normalized spacial score (nSPS) is 10.4. The van der Waals surface area contributed by atoms with Crippen LogP contribution < -0.4 is 15.9 Å². The van der Waals surface area contributed by atoms with Gasteiger partial charge in [0.2, 0.25) is 0 Å². The van der Waals surface area contributed by atoms with E-state index in [0.29, 0.717) is 11.4 Å². The van der Waals surface area contributed by atoms with E-state index in [4.69, 9.17) is 10.6 Å². The molecule has 1 heterocycles. The zero-order valence-electron chi connectivity index (χ0n) is 10.9. The number of nitrogens with one attached hydrogen (secondary N) is 1. The van der Waals surface area contributed by atoms with Crippen molar-refractivity contribution in [3.8, 4) is 5.75 Å². The third kappa shape index (κ3) is 3.32. The van der Waals surface area contributed by atoms with Crippen molar-refractivity contribution >= 4 is 17.8 Å². The Balaban J connectivity index is 2.06. The Labute approximate surface area is 116 Å². The first-order valence-electron chi connectivity index (χ1n) is 5.87. The van der Waals surface area contributed by atoms with Crippen molar-refractivity contribution in [2.45, 2.75) is 0 Å². The van der Waals surface area contributed by atoms with Gasteiger partial charge in [-0.3, -0.25) is 9.78 Å². The van der Waals surface area contributed by atoms with Gasteiger partial charge >= 0.3 is 0 Å². The maximum absolute atomic E-state index is 12.0. The summed E-state index contributed by atoms with van der Waals surface area (Å²) in [5, 5.41) is 6.13. The van der Waals surface area contributed by atoms with Crippen LogP contribution in [0.5, 0.6) is 5.75 Å². The number of hydrogen-bond acceptors (Lipinski definition) is 5. The van der Waals surface area contributed by atoms with Gasteiger partial charge in [-0.15, -0.1) is 0 Å². The summed E-state index contributed by atoms with van der Waals surface area (Å²) in [6, 6.07) is 10.4. The highest BCUT2D eigenvalue weighted by Gasteiger charge is 2.07. The number of pyridine rings is 1. The molecule has 6 heteroatoms. The zero-order chi connectivity index (χ0) is 14.4. The van der Waals surface area contributed by atoms with E-state index in [1.165, 1.54) is 12.4 Å². The van der Waals surface area contributed by atoms with Crippen molar-refractivity contribution < 1.29 is 9.53 Å². The van der Waals surface area contributed by atoms with Crippen molar-refractivity contribution in [1.82, 2.24) is 4.98 Å². The Hall–Kier alpha value is -2.89. The van der Waals surface area contributed by atoms with E-state index in [1.54, 1.807) is 43.5 Å². The topological polar surface area (TPSA) is 89.6 Å². The van der Waals surface area contributed by atoms with Crippen LogP contribution in [0.4, 0.5) is 5.69 Å². The second kappa shape index (κ2) is 6.33. The van der Waals surface area contributed by atoms with Gasteiger partial charge in [-0.1, -0.05) is 0 Å². The molecular weight excluding hydrogens is 256 g/mol. The quantitative estimate of drug-likeness (QED) is 0.502. The molecule has 0 radical (unpaired) electrons. The Bertz CT molecular complexity index is 606. The molecule has 0 fully saturated rings. The second-order valence-corrected chi connectivity index (χ2v) is 3.94. The average molecular weight is 270 g/mol. The largest absolute Gasteiger partial charge is 0.497 e. The van der Waals surface area contributed by atoms with Crippen molar-refractivity contribution in [3.05, 3.63) is 53.9 Å². The minimum Gasteiger partial charge on any atom is -0.497 e. The van der Waals surface area contributed by atoms with Gasteiger partial charge in [0.05, 0.1) is 13.3 Å². The summed E-state index contributed by atoms with van der Waals surface area (Å²) in [6.45, 7) is 0. The number of carbonyl (C=O) groups excluding carboxylic acids is 1. The third-order valence-electron chi connectivity index (χ3n) is 2.59. The number of carbonyl (C=O) groups is 1. The number of ether oxygens (including phenoxy) is 1. The number of methoxy groups -OCH3 is 1. The molecule has 0 atom stereocenters. The predicted molar refractivity (Wildman–Crippen MR) is 77.0 cm³/mol. The van der Waals surface area contributed by atoms with Gasteiger partial charge in [0, 0.05) is 17.4 Å². The number of hydrazone groups is 1. The molecule has 20 heavy (non-hydrogen) atoms. The van der Waals surface area contributed by atoms with E-state index in [-0.39, 0.29) is 5.91 Å². The summed E-state index contributed by atoms with van der Waals surface area (Å²) in [5.41, 5.74) is 1.72. The monoisotopic (exact) mass is 270 g/mol. The lowest BCUT2D eigenvalue weighted by Crippen LogP contribution is -2.13. The number of nitrogens with two attached hydrogens (primary N) is 1. The first kappa shape index (κ1) is 13.5. The van der Waals surface area contributed by atoms with E-state index in [2.05, 4.69) is 15.4 Å². The zero-order valence-corrected chi connectivity index (χ0v) is 10.9. The van der Waals surface area contributed by atoms with Crippen LogP contribution in [-0.2, 0) is 0 Å². The molecule has 3 N–H and O–H groups in total. The van der Waals surface area contributed by atoms with Gasteiger partial charge in [0.1, 0.15) is 11.4 Å². The molecule has 0 unspecified atom stereocenters. The first-order valence-corrected chi connectivity index (χ1v) is 5.87. The summed E-state index contributed by atoms with van der Waals surface area (Å²) in [7, 11) is 1.59. The summed E-state index contributed by atoms with van der Waals surface area (Å²) >= 11 is 0. The maximum atomic E-state index is 12.0. The number of anilines is 1. The number of aromatic nitrogens is 1. The summed E-state index contributed by atoms with van der Waals surface area (Å²) in [4.78, 5) is 16.0. The molecule has 0 bridgehead atoms. The second-order valence-electron chi connectivity index (χ2n) is 3.94. The Morgan fingerprint density at radius 1 is 1.30 bits per heavy atom. The van der Waals surface area contributed by atoms with Crippen molar-refractivity contribution in [1.29, 1.82) is 0 Å². The van der Waals surface area contributed by atoms with Crippen LogP contribution in [0.1, 0.15) is 16.1 Å². The highest BCUT2D eigenvalue weighted by Crippen LogP contribution is 2.15. The lowest BCUT2D eigenvalue weighted by atomic mass is 10.2. The van der Waals surface area contributed by atoms with Gasteiger partial charge in [-0.05, 0) is 36.4 Å². The van der Waals surface area contributed by atoms with Crippen LogP contribution in [-0.4, -0.2) is 24.2 Å². The van der Waals surface area contributed by atoms with Crippen LogP contribution in [0.2, 0.25) is 0 Å². The van der Waals surface area contributed by atoms with Crippen molar-refractivity contribution in [2.24, 2.45) is 10.9 Å². The molecular formula is C14H14N4O2. The van der Waals surface area contributed by atoms with E-state index in [0.717, 1.165) is 11.3 Å². The van der Waals surface area contributed by atoms with E-state index >= 15 is 0 Å². The van der Waals surface area contributed by atoms with Crippen molar-refractivity contribution in [3.63, 3.8) is 0 Å². The van der Waals surface area contributed by atoms with Crippen LogP contribution in [0.25, 0.3) is 0 Å². The van der Waals surface area contributed by atoms with Gasteiger partial charge in [0.15, 0.2) is 0 Å². The minimum absolute atomic E-state index is 0.286. The Morgan fingerprint density at radius 2 is 2.05 bits per heavy atom. The van der Waals surface area contributed by atoms with Crippen molar-refractivity contribution in [2.75, 3.05) is 12.4 Å². The Kier molecular flexibility index (Phi) is 4.28. The van der Waals surface area contributed by atoms with Crippen LogP contribution >= 0.6 is 0 Å². The summed E-state index contributed by atoms with van der Waals surface area (Å²) in [6.07, 6.45) is 2.98. The molecule has 0 spiro atoms. The van der Waals surface area contributed by atoms with Gasteiger partial charge < -0.3 is 15.9 Å². The predicted octanol–water partition coefficient (Wildman–Crippen LogP) is 1.64. The standard InChI is InChI=1S/C14H14N4O2/c1-20-12-5-3-11(4-6-12)18-14(19)13-7-2-10(8-16-13)9-17-15/h2-9H,15H2,1H3,(H,18,19). The number of amides is 1. The van der Waals surface area contributed by atoms with E-state index in [9.17, 15) is 4.79 Å². The first-order chi connectivity index (χ1) is 9.72. The molecule has 2 rings (SSSR count). The van der Waals surface area contributed by atoms with Crippen LogP contribution in [0, 0.1) is 0 Å². The highest BCUT2D eigenvalue weighted by atomic mass is 16.5. The minimum atomic E-state index is -0.286. The number of hydrogen-bond donors (Lipinski definition) is 2. The fourth-order valence-corrected chi connectivity index (χ4v) is 1.57. The van der Waals surface area contributed by atoms with Gasteiger partial charge in [-0.2, -0.15) is 5.10 Å². The maximum Gasteiger partial charge on any atom is 0.274 e. The molecule has 0 aliphatic heterocycles. The molecule has 0 aliphatic rings. The molecule has 2 aromatic rings. The fraction of sp³-hybridized carbons (Fsp3) is 0.0714. The van der Waals surface area contributed by atoms with Crippen LogP contribution in [0.3, 0.4) is 0 Å². The smallest absolute Gasteiger partial charge is 0.274 e. The third-order valence-corrected chi connectivity index (χ3v) is 2.59. The van der Waals surface area contributed by atoms with Gasteiger partial charge in [0.25, 0.3) is 5.91 Å². The number of benzene rings is 1. The summed E-state index contributed by atoms with van der Waals surface area (Å²) < 4.78 is 5.05. The van der Waals surface area contributed by atoms with E-state index in [1.807, 2.05) is 0 Å². The molecule has 0 saturated carbocycles.